The van der Waals surface area contributed by atoms with Gasteiger partial charge >= 0.3 is 0 Å². The Morgan fingerprint density at radius 1 is 1.16 bits per heavy atom. The summed E-state index contributed by atoms with van der Waals surface area (Å²) in [6, 6.07) is 0. The molecular weight excluding hydrogens is 258 g/mol. The molecule has 0 radical (unpaired) electrons. The molecule has 0 amide bonds. The molecule has 3 nitrogen and oxygen atoms in total. The molecule has 0 bridgehead atoms. The predicted molar refractivity (Wildman–Crippen MR) is 78.8 cm³/mol. The molecule has 0 aromatic carbocycles. The molecule has 1 aliphatic heterocycles. The summed E-state index contributed by atoms with van der Waals surface area (Å²) in [6.07, 6.45) is 10.9. The minimum absolute atomic E-state index is 0.619. The lowest BCUT2D eigenvalue weighted by molar-refractivity contribution is 0.226. The minimum Gasteiger partial charge on any atom is -0.356 e. The Kier molecular flexibility index (Phi) is 3.66. The summed E-state index contributed by atoms with van der Waals surface area (Å²) in [4.78, 5) is 11.0. The normalized spacial score (nSPS) is 22.1. The average molecular weight is 280 g/mol. The molecule has 2 fully saturated rings. The van der Waals surface area contributed by atoms with Gasteiger partial charge in [-0.05, 0) is 37.5 Å². The maximum absolute atomic E-state index is 6.19. The molecule has 1 saturated heterocycles. The van der Waals surface area contributed by atoms with Gasteiger partial charge in [-0.2, -0.15) is 0 Å². The average Bonchev–Trinajstić information content (AvgIpc) is 2.88. The highest BCUT2D eigenvalue weighted by Gasteiger charge is 2.37. The largest absolute Gasteiger partial charge is 0.356 e. The highest BCUT2D eigenvalue weighted by molar-refractivity contribution is 6.30. The first-order valence-electron chi connectivity index (χ1n) is 7.48. The summed E-state index contributed by atoms with van der Waals surface area (Å²) in [5.41, 5.74) is 1.76. The van der Waals surface area contributed by atoms with E-state index in [1.54, 1.807) is 6.33 Å². The van der Waals surface area contributed by atoms with E-state index >= 15 is 0 Å². The van der Waals surface area contributed by atoms with Crippen LogP contribution in [0.5, 0.6) is 0 Å². The van der Waals surface area contributed by atoms with Crippen LogP contribution < -0.4 is 4.90 Å². The van der Waals surface area contributed by atoms with Gasteiger partial charge in [-0.25, -0.2) is 9.97 Å². The van der Waals surface area contributed by atoms with Gasteiger partial charge in [-0.15, -0.1) is 0 Å². The SMILES string of the molecule is CCc1c(Cl)ncnc1N1CCC2(CCCC2)CC1. The number of nitrogens with zero attached hydrogens (tertiary/aromatic N) is 3. The number of hydrogen-bond acceptors (Lipinski definition) is 3. The third-order valence-corrected chi connectivity index (χ3v) is 5.34. The fourth-order valence-corrected chi connectivity index (χ4v) is 4.04. The number of rotatable bonds is 2. The van der Waals surface area contributed by atoms with Crippen LogP contribution in [0.3, 0.4) is 0 Å². The number of hydrogen-bond donors (Lipinski definition) is 0. The molecule has 2 heterocycles. The van der Waals surface area contributed by atoms with Crippen LogP contribution in [0.1, 0.15) is 51.0 Å². The van der Waals surface area contributed by atoms with Gasteiger partial charge in [-0.3, -0.25) is 0 Å². The first-order valence-corrected chi connectivity index (χ1v) is 7.86. The predicted octanol–water partition coefficient (Wildman–Crippen LogP) is 3.85. The molecule has 1 saturated carbocycles. The van der Waals surface area contributed by atoms with E-state index in [1.165, 1.54) is 38.5 Å². The van der Waals surface area contributed by atoms with Crippen molar-refractivity contribution in [2.75, 3.05) is 18.0 Å². The van der Waals surface area contributed by atoms with Crippen molar-refractivity contribution < 1.29 is 0 Å². The van der Waals surface area contributed by atoms with Crippen molar-refractivity contribution in [1.82, 2.24) is 9.97 Å². The Morgan fingerprint density at radius 2 is 1.84 bits per heavy atom. The summed E-state index contributed by atoms with van der Waals surface area (Å²) in [6.45, 7) is 4.37. The van der Waals surface area contributed by atoms with Crippen LogP contribution in [0.4, 0.5) is 5.82 Å². The topological polar surface area (TPSA) is 29.0 Å². The molecule has 4 heteroatoms. The van der Waals surface area contributed by atoms with Crippen molar-refractivity contribution >= 4 is 17.4 Å². The van der Waals surface area contributed by atoms with Gasteiger partial charge in [0.1, 0.15) is 17.3 Å². The van der Waals surface area contributed by atoms with Crippen LogP contribution in [0.15, 0.2) is 6.33 Å². The quantitative estimate of drug-likeness (QED) is 0.770. The molecule has 0 unspecified atom stereocenters. The van der Waals surface area contributed by atoms with Crippen molar-refractivity contribution in [3.05, 3.63) is 17.0 Å². The smallest absolute Gasteiger partial charge is 0.137 e. The Bertz CT molecular complexity index is 445. The number of piperidine rings is 1. The van der Waals surface area contributed by atoms with Crippen molar-refractivity contribution in [3.63, 3.8) is 0 Å². The summed E-state index contributed by atoms with van der Waals surface area (Å²) >= 11 is 6.19. The van der Waals surface area contributed by atoms with Crippen LogP contribution in [0, 0.1) is 5.41 Å². The van der Waals surface area contributed by atoms with Crippen molar-refractivity contribution in [3.8, 4) is 0 Å². The highest BCUT2D eigenvalue weighted by Crippen LogP contribution is 2.46. The van der Waals surface area contributed by atoms with Crippen molar-refractivity contribution in [2.45, 2.75) is 51.9 Å². The molecule has 0 N–H and O–H groups in total. The fourth-order valence-electron chi connectivity index (χ4n) is 3.78. The van der Waals surface area contributed by atoms with Crippen LogP contribution in [0.2, 0.25) is 5.15 Å². The maximum atomic E-state index is 6.19. The molecule has 3 rings (SSSR count). The van der Waals surface area contributed by atoms with E-state index in [1.807, 2.05) is 0 Å². The Balaban J connectivity index is 1.76. The van der Waals surface area contributed by atoms with Crippen LogP contribution in [-0.2, 0) is 6.42 Å². The molecule has 0 atom stereocenters. The van der Waals surface area contributed by atoms with Crippen LogP contribution in [-0.4, -0.2) is 23.1 Å². The summed E-state index contributed by atoms with van der Waals surface area (Å²) in [7, 11) is 0. The summed E-state index contributed by atoms with van der Waals surface area (Å²) in [5, 5.41) is 0.619. The molecule has 2 aliphatic rings. The molecule has 1 aromatic heterocycles. The minimum atomic E-state index is 0.619. The second kappa shape index (κ2) is 5.28. The molecule has 104 valence electrons. The van der Waals surface area contributed by atoms with Crippen molar-refractivity contribution in [1.29, 1.82) is 0 Å². The zero-order valence-electron chi connectivity index (χ0n) is 11.7. The van der Waals surface area contributed by atoms with E-state index < -0.39 is 0 Å². The van der Waals surface area contributed by atoms with Crippen LogP contribution in [0.25, 0.3) is 0 Å². The van der Waals surface area contributed by atoms with E-state index in [-0.39, 0.29) is 0 Å². The zero-order chi connectivity index (χ0) is 13.3. The zero-order valence-corrected chi connectivity index (χ0v) is 12.4. The molecular formula is C15H22ClN3. The monoisotopic (exact) mass is 279 g/mol. The van der Waals surface area contributed by atoms with Gasteiger partial charge in [0.05, 0.1) is 0 Å². The van der Waals surface area contributed by atoms with Gasteiger partial charge in [0, 0.05) is 18.7 Å². The van der Waals surface area contributed by atoms with E-state index in [0.717, 1.165) is 30.9 Å². The van der Waals surface area contributed by atoms with Gasteiger partial charge in [0.25, 0.3) is 0 Å². The third-order valence-electron chi connectivity index (χ3n) is 5.01. The maximum Gasteiger partial charge on any atom is 0.137 e. The van der Waals surface area contributed by atoms with Crippen molar-refractivity contribution in [2.24, 2.45) is 5.41 Å². The lowest BCUT2D eigenvalue weighted by atomic mass is 9.77. The fraction of sp³-hybridized carbons (Fsp3) is 0.733. The van der Waals surface area contributed by atoms with Gasteiger partial charge < -0.3 is 4.90 Å². The van der Waals surface area contributed by atoms with E-state index in [4.69, 9.17) is 11.6 Å². The first-order chi connectivity index (χ1) is 9.24. The number of anilines is 1. The molecule has 19 heavy (non-hydrogen) atoms. The molecule has 1 spiro atoms. The third kappa shape index (κ3) is 2.45. The van der Waals surface area contributed by atoms with Crippen LogP contribution >= 0.6 is 11.6 Å². The number of halogens is 1. The Hall–Kier alpha value is -0.830. The molecule has 1 aromatic rings. The highest BCUT2D eigenvalue weighted by atomic mass is 35.5. The number of aromatic nitrogens is 2. The molecule has 1 aliphatic carbocycles. The van der Waals surface area contributed by atoms with Gasteiger partial charge in [0.15, 0.2) is 0 Å². The second-order valence-corrected chi connectivity index (χ2v) is 6.37. The van der Waals surface area contributed by atoms with Gasteiger partial charge in [-0.1, -0.05) is 31.4 Å². The Morgan fingerprint density at radius 3 is 2.47 bits per heavy atom. The van der Waals surface area contributed by atoms with E-state index in [2.05, 4.69) is 21.8 Å². The first kappa shape index (κ1) is 13.2. The summed E-state index contributed by atoms with van der Waals surface area (Å²) in [5.74, 6) is 1.07. The Labute approximate surface area is 120 Å². The lowest BCUT2D eigenvalue weighted by Crippen LogP contribution is -2.39. The van der Waals surface area contributed by atoms with E-state index in [0.29, 0.717) is 10.6 Å². The second-order valence-electron chi connectivity index (χ2n) is 6.01. The summed E-state index contributed by atoms with van der Waals surface area (Å²) < 4.78 is 0. The van der Waals surface area contributed by atoms with E-state index in [9.17, 15) is 0 Å². The lowest BCUT2D eigenvalue weighted by Gasteiger charge is -2.40. The standard InChI is InChI=1S/C15H22ClN3/c1-2-12-13(16)17-11-18-14(12)19-9-7-15(8-10-19)5-3-4-6-15/h11H,2-10H2,1H3. The van der Waals surface area contributed by atoms with Gasteiger partial charge in [0.2, 0.25) is 0 Å².